The Morgan fingerprint density at radius 2 is 1.68 bits per heavy atom. The van der Waals surface area contributed by atoms with Crippen LogP contribution in [0.1, 0.15) is 113 Å². The van der Waals surface area contributed by atoms with Gasteiger partial charge in [0.1, 0.15) is 6.07 Å². The average Bonchev–Trinajstić information content (AvgIpc) is 2.85. The van der Waals surface area contributed by atoms with E-state index in [-0.39, 0.29) is 56.6 Å². The van der Waals surface area contributed by atoms with Gasteiger partial charge >= 0.3 is 0 Å². The zero-order chi connectivity index (χ0) is 29.8. The van der Waals surface area contributed by atoms with E-state index < -0.39 is 10.8 Å². The van der Waals surface area contributed by atoms with Crippen LogP contribution in [0.25, 0.3) is 0 Å². The summed E-state index contributed by atoms with van der Waals surface area (Å²) in [5.41, 5.74) is 0.116. The summed E-state index contributed by atoms with van der Waals surface area (Å²) in [6.07, 6.45) is 13.8. The number of likely N-dealkylation sites (tertiary alicyclic amines) is 1. The Bertz CT molecular complexity index is 1310. The lowest BCUT2D eigenvalue weighted by Crippen LogP contribution is -2.64. The minimum Gasteiger partial charge on any atom is -0.343 e. The van der Waals surface area contributed by atoms with Crippen molar-refractivity contribution in [3.63, 3.8) is 0 Å². The Kier molecular flexibility index (Phi) is 6.27. The van der Waals surface area contributed by atoms with Crippen molar-refractivity contribution in [3.8, 4) is 6.07 Å². The molecule has 0 radical (unpaired) electrons. The number of hydrogen-bond donors (Lipinski definition) is 0. The van der Waals surface area contributed by atoms with E-state index in [0.29, 0.717) is 12.3 Å². The van der Waals surface area contributed by atoms with Crippen molar-refractivity contribution >= 4 is 17.5 Å². The minimum atomic E-state index is -0.643. The number of rotatable bonds is 3. The molecule has 7 atom stereocenters. The zero-order valence-corrected chi connectivity index (χ0v) is 26.5. The lowest BCUT2D eigenvalue weighted by Gasteiger charge is -2.69. The number of carbonyl (C=O) groups is 3. The number of carbonyl (C=O) groups excluding carboxylic acids is 3. The highest BCUT2D eigenvalue weighted by molar-refractivity contribution is 6.04. The molecule has 1 aliphatic heterocycles. The third kappa shape index (κ3) is 3.80. The second-order valence-corrected chi connectivity index (χ2v) is 16.9. The first-order chi connectivity index (χ1) is 19.0. The van der Waals surface area contributed by atoms with Crippen molar-refractivity contribution in [2.24, 2.45) is 50.2 Å². The van der Waals surface area contributed by atoms with Gasteiger partial charge in [0.15, 0.2) is 11.6 Å². The maximum Gasteiger partial charge on any atom is 0.222 e. The highest BCUT2D eigenvalue weighted by atomic mass is 16.2. The molecule has 0 N–H and O–H groups in total. The lowest BCUT2D eigenvalue weighted by atomic mass is 9.34. The molecule has 6 rings (SSSR count). The number of nitrogens with zero attached hydrogens (tertiary/aromatic N) is 2. The van der Waals surface area contributed by atoms with Crippen molar-refractivity contribution in [1.82, 2.24) is 4.90 Å². The molecule has 1 amide bonds. The number of allylic oxidation sites excluding steroid dienone is 4. The second kappa shape index (κ2) is 8.90. The monoisotopic (exact) mass is 558 g/mol. The van der Waals surface area contributed by atoms with Crippen molar-refractivity contribution in [2.75, 3.05) is 13.1 Å². The topological polar surface area (TPSA) is 78.2 Å². The Hall–Kier alpha value is -2.22. The molecule has 0 bridgehead atoms. The fourth-order valence-electron chi connectivity index (χ4n) is 11.3. The van der Waals surface area contributed by atoms with E-state index in [2.05, 4.69) is 40.7 Å². The van der Waals surface area contributed by atoms with E-state index in [1.165, 1.54) is 0 Å². The molecule has 41 heavy (non-hydrogen) atoms. The number of hydrogen-bond acceptors (Lipinski definition) is 4. The molecule has 5 aliphatic carbocycles. The first-order valence-electron chi connectivity index (χ1n) is 16.3. The van der Waals surface area contributed by atoms with Gasteiger partial charge in [0, 0.05) is 36.3 Å². The van der Waals surface area contributed by atoms with Gasteiger partial charge in [-0.15, -0.1) is 0 Å². The van der Waals surface area contributed by atoms with Gasteiger partial charge in [0.25, 0.3) is 0 Å². The summed E-state index contributed by atoms with van der Waals surface area (Å²) in [6.45, 7) is 17.5. The van der Waals surface area contributed by atoms with Gasteiger partial charge < -0.3 is 4.90 Å². The molecule has 222 valence electrons. The Morgan fingerprint density at radius 1 is 1.00 bits per heavy atom. The molecule has 0 spiro atoms. The summed E-state index contributed by atoms with van der Waals surface area (Å²) in [5, 5.41) is 9.95. The van der Waals surface area contributed by atoms with Gasteiger partial charge in [-0.1, -0.05) is 60.1 Å². The molecule has 1 heterocycles. The highest BCUT2D eigenvalue weighted by Crippen LogP contribution is 2.75. The van der Waals surface area contributed by atoms with E-state index in [4.69, 9.17) is 0 Å². The molecule has 1 saturated heterocycles. The van der Waals surface area contributed by atoms with Crippen LogP contribution >= 0.6 is 0 Å². The highest BCUT2D eigenvalue weighted by Gasteiger charge is 2.69. The summed E-state index contributed by atoms with van der Waals surface area (Å²) in [7, 11) is 0. The number of Topliss-reactive ketones (excluding diaryl/α,β-unsaturated/α-hetero) is 1. The SMILES string of the molecule is CC1(C)CC[C@]2(CCC(=O)N3CCC3)CC[C@]3(C)C(C(=O)C=C4[C@@]5(C)C=C(C#N)C(=O)C(C)(C)[C@@H]5CC[C@]43C)[C@H]2C1. The molecule has 3 saturated carbocycles. The molecule has 4 fully saturated rings. The van der Waals surface area contributed by atoms with Crippen LogP contribution in [-0.2, 0) is 14.4 Å². The van der Waals surface area contributed by atoms with E-state index in [1.54, 1.807) is 0 Å². The van der Waals surface area contributed by atoms with E-state index in [9.17, 15) is 19.6 Å². The third-order valence-corrected chi connectivity index (χ3v) is 14.1. The molecule has 5 nitrogen and oxygen atoms in total. The van der Waals surface area contributed by atoms with E-state index >= 15 is 0 Å². The average molecular weight is 559 g/mol. The van der Waals surface area contributed by atoms with Gasteiger partial charge in [-0.05, 0) is 97.4 Å². The first-order valence-corrected chi connectivity index (χ1v) is 16.3. The first kappa shape index (κ1) is 28.9. The predicted octanol–water partition coefficient (Wildman–Crippen LogP) is 7.22. The van der Waals surface area contributed by atoms with Crippen molar-refractivity contribution in [3.05, 3.63) is 23.3 Å². The fraction of sp³-hybridized carbons (Fsp3) is 0.778. The Labute approximate surface area is 247 Å². The maximum atomic E-state index is 14.6. The number of amides is 1. The minimum absolute atomic E-state index is 0.0474. The Balaban J connectivity index is 1.43. The van der Waals surface area contributed by atoms with Crippen LogP contribution in [0, 0.1) is 61.6 Å². The fourth-order valence-corrected chi connectivity index (χ4v) is 11.3. The summed E-state index contributed by atoms with van der Waals surface area (Å²) in [6, 6.07) is 2.21. The molecular formula is C36H50N2O3. The molecule has 0 aromatic heterocycles. The van der Waals surface area contributed by atoms with Crippen LogP contribution in [0.5, 0.6) is 0 Å². The molecule has 0 aromatic rings. The largest absolute Gasteiger partial charge is 0.343 e. The van der Waals surface area contributed by atoms with Crippen LogP contribution in [0.3, 0.4) is 0 Å². The summed E-state index contributed by atoms with van der Waals surface area (Å²) in [4.78, 5) is 42.9. The van der Waals surface area contributed by atoms with Crippen molar-refractivity contribution in [1.29, 1.82) is 5.26 Å². The molecule has 0 aromatic carbocycles. The van der Waals surface area contributed by atoms with E-state index in [1.807, 2.05) is 30.9 Å². The van der Waals surface area contributed by atoms with Gasteiger partial charge in [-0.25, -0.2) is 0 Å². The summed E-state index contributed by atoms with van der Waals surface area (Å²) < 4.78 is 0. The standard InChI is InChI=1S/C36H50N2O3/c1-31(2)13-15-36(12-10-28(40)38-17-8-18-38)16-14-35(7)29(24(36)21-31)25(39)19-27-33(5)20-23(22-37)30(41)32(3,4)26(33)9-11-34(27,35)6/h19-20,24,26,29H,8-18,21H2,1-7H3/t24-,26+,29?,33+,34-,35-,36-/m1/s1. The maximum absolute atomic E-state index is 14.6. The summed E-state index contributed by atoms with van der Waals surface area (Å²) in [5.74, 6) is 0.780. The summed E-state index contributed by atoms with van der Waals surface area (Å²) >= 11 is 0. The van der Waals surface area contributed by atoms with Crippen molar-refractivity contribution in [2.45, 2.75) is 113 Å². The normalized spacial score (nSPS) is 44.1. The van der Waals surface area contributed by atoms with Gasteiger partial charge in [-0.2, -0.15) is 5.26 Å². The predicted molar refractivity (Wildman–Crippen MR) is 159 cm³/mol. The van der Waals surface area contributed by atoms with Crippen molar-refractivity contribution < 1.29 is 14.4 Å². The van der Waals surface area contributed by atoms with Crippen LogP contribution in [0.15, 0.2) is 23.3 Å². The van der Waals surface area contributed by atoms with E-state index in [0.717, 1.165) is 76.5 Å². The smallest absolute Gasteiger partial charge is 0.222 e. The number of nitriles is 1. The van der Waals surface area contributed by atoms with Gasteiger partial charge in [0.05, 0.1) is 5.57 Å². The lowest BCUT2D eigenvalue weighted by molar-refractivity contribution is -0.173. The molecule has 6 aliphatic rings. The quantitative estimate of drug-likeness (QED) is 0.366. The van der Waals surface area contributed by atoms with Gasteiger partial charge in [-0.3, -0.25) is 14.4 Å². The van der Waals surface area contributed by atoms with Crippen LogP contribution in [-0.4, -0.2) is 35.5 Å². The number of ketones is 2. The second-order valence-electron chi connectivity index (χ2n) is 16.9. The molecular weight excluding hydrogens is 508 g/mol. The molecule has 5 heteroatoms. The number of fused-ring (bicyclic) bond motifs is 7. The van der Waals surface area contributed by atoms with Crippen LogP contribution in [0.2, 0.25) is 0 Å². The Morgan fingerprint density at radius 3 is 2.32 bits per heavy atom. The van der Waals surface area contributed by atoms with Crippen LogP contribution < -0.4 is 0 Å². The molecule has 1 unspecified atom stereocenters. The zero-order valence-electron chi connectivity index (χ0n) is 26.5. The third-order valence-electron chi connectivity index (χ3n) is 14.1. The van der Waals surface area contributed by atoms with Gasteiger partial charge in [0.2, 0.25) is 5.91 Å². The van der Waals surface area contributed by atoms with Crippen LogP contribution in [0.4, 0.5) is 0 Å².